The molecule has 0 aromatic heterocycles. The van der Waals surface area contributed by atoms with E-state index in [2.05, 4.69) is 10.1 Å². The Bertz CT molecular complexity index is 720. The third-order valence-corrected chi connectivity index (χ3v) is 4.35. The molecule has 0 atom stereocenters. The summed E-state index contributed by atoms with van der Waals surface area (Å²) in [6.07, 6.45) is -4.52. The quantitative estimate of drug-likeness (QED) is 0.685. The molecule has 140 valence electrons. The standard InChI is InChI=1S/C18H18F3NO3S/c1-24-14-6-8-15(9-7-14)26-11-10-17(23)22-12-13-4-2-3-5-16(13)25-18(19,20)21/h2-9H,10-12H2,1H3,(H,22,23). The molecular weight excluding hydrogens is 367 g/mol. The first-order valence-electron chi connectivity index (χ1n) is 7.74. The van der Waals surface area contributed by atoms with Gasteiger partial charge in [0.2, 0.25) is 5.91 Å². The number of hydrogen-bond donors (Lipinski definition) is 1. The van der Waals surface area contributed by atoms with Crippen LogP contribution in [-0.4, -0.2) is 25.1 Å². The van der Waals surface area contributed by atoms with E-state index in [1.54, 1.807) is 13.2 Å². The van der Waals surface area contributed by atoms with Gasteiger partial charge in [-0.2, -0.15) is 0 Å². The summed E-state index contributed by atoms with van der Waals surface area (Å²) < 4.78 is 46.2. The number of rotatable bonds is 8. The minimum atomic E-state index is -4.77. The maximum absolute atomic E-state index is 12.4. The average molecular weight is 385 g/mol. The summed E-state index contributed by atoms with van der Waals surface area (Å²) in [4.78, 5) is 12.9. The van der Waals surface area contributed by atoms with E-state index < -0.39 is 6.36 Å². The maximum atomic E-state index is 12.4. The van der Waals surface area contributed by atoms with Crippen molar-refractivity contribution >= 4 is 17.7 Å². The van der Waals surface area contributed by atoms with E-state index in [4.69, 9.17) is 4.74 Å². The third-order valence-electron chi connectivity index (χ3n) is 3.33. The molecule has 2 rings (SSSR count). The largest absolute Gasteiger partial charge is 0.573 e. The van der Waals surface area contributed by atoms with E-state index in [1.165, 1.54) is 30.0 Å². The lowest BCUT2D eigenvalue weighted by Gasteiger charge is -2.13. The molecule has 0 aliphatic heterocycles. The number of alkyl halides is 3. The van der Waals surface area contributed by atoms with Crippen molar-refractivity contribution in [2.24, 2.45) is 0 Å². The molecule has 8 heteroatoms. The van der Waals surface area contributed by atoms with E-state index in [9.17, 15) is 18.0 Å². The number of thioether (sulfide) groups is 1. The van der Waals surface area contributed by atoms with Gasteiger partial charge in [-0.1, -0.05) is 18.2 Å². The fourth-order valence-corrected chi connectivity index (χ4v) is 2.94. The molecule has 1 amide bonds. The normalized spacial score (nSPS) is 11.1. The molecule has 0 spiro atoms. The molecule has 0 bridgehead atoms. The van der Waals surface area contributed by atoms with Gasteiger partial charge in [-0.3, -0.25) is 4.79 Å². The fourth-order valence-electron chi connectivity index (χ4n) is 2.09. The van der Waals surface area contributed by atoms with Crippen LogP contribution < -0.4 is 14.8 Å². The van der Waals surface area contributed by atoms with Gasteiger partial charge in [-0.05, 0) is 30.3 Å². The second-order valence-electron chi connectivity index (χ2n) is 5.21. The first kappa shape index (κ1) is 20.0. The average Bonchev–Trinajstić information content (AvgIpc) is 2.60. The fraction of sp³-hybridized carbons (Fsp3) is 0.278. The van der Waals surface area contributed by atoms with Crippen LogP contribution in [0.5, 0.6) is 11.5 Å². The van der Waals surface area contributed by atoms with Gasteiger partial charge in [-0.15, -0.1) is 24.9 Å². The van der Waals surface area contributed by atoms with Crippen LogP contribution in [0.25, 0.3) is 0 Å². The van der Waals surface area contributed by atoms with E-state index in [-0.39, 0.29) is 30.2 Å². The predicted molar refractivity (Wildman–Crippen MR) is 93.3 cm³/mol. The molecule has 2 aromatic rings. The molecule has 26 heavy (non-hydrogen) atoms. The molecule has 0 heterocycles. The lowest BCUT2D eigenvalue weighted by atomic mass is 10.2. The Balaban J connectivity index is 1.78. The van der Waals surface area contributed by atoms with Crippen LogP contribution in [0.1, 0.15) is 12.0 Å². The number of ether oxygens (including phenoxy) is 2. The van der Waals surface area contributed by atoms with Gasteiger partial charge in [0.15, 0.2) is 0 Å². The SMILES string of the molecule is COc1ccc(SCCC(=O)NCc2ccccc2OC(F)(F)F)cc1. The number of para-hydroxylation sites is 1. The molecule has 1 N–H and O–H groups in total. The van der Waals surface area contributed by atoms with E-state index >= 15 is 0 Å². The number of hydrogen-bond acceptors (Lipinski definition) is 4. The molecule has 0 aliphatic rings. The second kappa shape index (κ2) is 9.38. The summed E-state index contributed by atoms with van der Waals surface area (Å²) in [7, 11) is 1.59. The van der Waals surface area contributed by atoms with Crippen LogP contribution in [0.4, 0.5) is 13.2 Å². The van der Waals surface area contributed by atoms with Gasteiger partial charge in [0, 0.05) is 29.2 Å². The lowest BCUT2D eigenvalue weighted by molar-refractivity contribution is -0.274. The number of benzene rings is 2. The van der Waals surface area contributed by atoms with Gasteiger partial charge in [0.25, 0.3) is 0 Å². The van der Waals surface area contributed by atoms with Crippen molar-refractivity contribution in [1.82, 2.24) is 5.32 Å². The van der Waals surface area contributed by atoms with Gasteiger partial charge in [0.1, 0.15) is 11.5 Å². The Labute approximate surface area is 153 Å². The molecular formula is C18H18F3NO3S. The first-order valence-corrected chi connectivity index (χ1v) is 8.73. The van der Waals surface area contributed by atoms with Crippen LogP contribution in [0, 0.1) is 0 Å². The molecule has 0 saturated heterocycles. The van der Waals surface area contributed by atoms with Crippen LogP contribution in [0.3, 0.4) is 0 Å². The smallest absolute Gasteiger partial charge is 0.497 e. The number of carbonyl (C=O) groups is 1. The zero-order valence-electron chi connectivity index (χ0n) is 14.0. The van der Waals surface area contributed by atoms with Crippen LogP contribution in [0.15, 0.2) is 53.4 Å². The predicted octanol–water partition coefficient (Wildman–Crippen LogP) is 4.39. The van der Waals surface area contributed by atoms with Crippen molar-refractivity contribution in [3.63, 3.8) is 0 Å². The zero-order valence-corrected chi connectivity index (χ0v) is 14.8. The monoisotopic (exact) mass is 385 g/mol. The number of halogens is 3. The van der Waals surface area contributed by atoms with Crippen molar-refractivity contribution in [2.75, 3.05) is 12.9 Å². The highest BCUT2D eigenvalue weighted by Crippen LogP contribution is 2.26. The van der Waals surface area contributed by atoms with Crippen molar-refractivity contribution in [3.8, 4) is 11.5 Å². The van der Waals surface area contributed by atoms with Gasteiger partial charge in [-0.25, -0.2) is 0 Å². The van der Waals surface area contributed by atoms with Crippen LogP contribution >= 0.6 is 11.8 Å². The second-order valence-corrected chi connectivity index (χ2v) is 6.37. The summed E-state index contributed by atoms with van der Waals surface area (Å²) in [6, 6.07) is 13.2. The Morgan fingerprint density at radius 3 is 2.46 bits per heavy atom. The molecule has 2 aromatic carbocycles. The minimum Gasteiger partial charge on any atom is -0.497 e. The number of carbonyl (C=O) groups excluding carboxylic acids is 1. The number of amides is 1. The first-order chi connectivity index (χ1) is 12.4. The van der Waals surface area contributed by atoms with Crippen LogP contribution in [0.2, 0.25) is 0 Å². The summed E-state index contributed by atoms with van der Waals surface area (Å²) in [5, 5.41) is 2.61. The van der Waals surface area contributed by atoms with E-state index in [0.717, 1.165) is 10.6 Å². The zero-order chi connectivity index (χ0) is 19.0. The summed E-state index contributed by atoms with van der Waals surface area (Å²) in [5.74, 6) is 0.756. The highest BCUT2D eigenvalue weighted by atomic mass is 32.2. The lowest BCUT2D eigenvalue weighted by Crippen LogP contribution is -2.24. The summed E-state index contributed by atoms with van der Waals surface area (Å²) in [5.41, 5.74) is 0.265. The molecule has 0 fully saturated rings. The highest BCUT2D eigenvalue weighted by molar-refractivity contribution is 7.99. The Hall–Kier alpha value is -2.35. The molecule has 0 saturated carbocycles. The Morgan fingerprint density at radius 2 is 1.81 bits per heavy atom. The molecule has 0 unspecified atom stereocenters. The highest BCUT2D eigenvalue weighted by Gasteiger charge is 2.31. The van der Waals surface area contributed by atoms with Crippen molar-refractivity contribution in [3.05, 3.63) is 54.1 Å². The van der Waals surface area contributed by atoms with Gasteiger partial charge >= 0.3 is 6.36 Å². The van der Waals surface area contributed by atoms with Crippen molar-refractivity contribution < 1.29 is 27.4 Å². The van der Waals surface area contributed by atoms with Crippen molar-refractivity contribution in [1.29, 1.82) is 0 Å². The molecule has 0 radical (unpaired) electrons. The van der Waals surface area contributed by atoms with E-state index in [0.29, 0.717) is 5.75 Å². The Morgan fingerprint density at radius 1 is 1.12 bits per heavy atom. The third kappa shape index (κ3) is 6.87. The number of nitrogens with one attached hydrogen (secondary N) is 1. The summed E-state index contributed by atoms with van der Waals surface area (Å²) >= 11 is 1.51. The van der Waals surface area contributed by atoms with E-state index in [1.807, 2.05) is 24.3 Å². The number of methoxy groups -OCH3 is 1. The van der Waals surface area contributed by atoms with Gasteiger partial charge in [0.05, 0.1) is 7.11 Å². The topological polar surface area (TPSA) is 47.6 Å². The van der Waals surface area contributed by atoms with Crippen LogP contribution in [-0.2, 0) is 11.3 Å². The van der Waals surface area contributed by atoms with Gasteiger partial charge < -0.3 is 14.8 Å². The van der Waals surface area contributed by atoms with Crippen molar-refractivity contribution in [2.45, 2.75) is 24.2 Å². The minimum absolute atomic E-state index is 0.0295. The molecule has 0 aliphatic carbocycles. The Kier molecular flexibility index (Phi) is 7.20. The molecule has 4 nitrogen and oxygen atoms in total. The maximum Gasteiger partial charge on any atom is 0.573 e. The summed E-state index contributed by atoms with van der Waals surface area (Å²) in [6.45, 7) is -0.0295.